The van der Waals surface area contributed by atoms with Crippen molar-refractivity contribution in [3.8, 4) is 23.0 Å². The predicted molar refractivity (Wildman–Crippen MR) is 187 cm³/mol. The summed E-state index contributed by atoms with van der Waals surface area (Å²) in [4.78, 5) is 2.30. The third kappa shape index (κ3) is 5.44. The summed E-state index contributed by atoms with van der Waals surface area (Å²) in [6.07, 6.45) is 0. The molecule has 3 nitrogen and oxygen atoms in total. The van der Waals surface area contributed by atoms with E-state index in [1.54, 1.807) is 0 Å². The molecule has 0 aromatic heterocycles. The van der Waals surface area contributed by atoms with Crippen LogP contribution in [0, 0.1) is 0 Å². The van der Waals surface area contributed by atoms with Crippen LogP contribution in [0.4, 0.5) is 17.1 Å². The number of anilines is 3. The molecule has 0 unspecified atom stereocenters. The van der Waals surface area contributed by atoms with Gasteiger partial charge in [-0.15, -0.1) is 0 Å². The molecule has 0 N–H and O–H groups in total. The van der Waals surface area contributed by atoms with Crippen molar-refractivity contribution in [3.63, 3.8) is 0 Å². The van der Waals surface area contributed by atoms with E-state index in [2.05, 4.69) is 95.9 Å². The van der Waals surface area contributed by atoms with Gasteiger partial charge in [-0.2, -0.15) is 0 Å². The van der Waals surface area contributed by atoms with Crippen molar-refractivity contribution in [1.29, 1.82) is 0 Å². The minimum atomic E-state index is 0.785. The van der Waals surface area contributed by atoms with Crippen LogP contribution in [0.5, 0.6) is 23.0 Å². The molecular weight excluding hydrogens is 550 g/mol. The maximum atomic E-state index is 6.12. The van der Waals surface area contributed by atoms with Gasteiger partial charge in [0.2, 0.25) is 0 Å². The topological polar surface area (TPSA) is 21.7 Å². The lowest BCUT2D eigenvalue weighted by molar-refractivity contribution is 0.482. The number of hydrogen-bond donors (Lipinski definition) is 0. The van der Waals surface area contributed by atoms with Crippen molar-refractivity contribution in [2.45, 2.75) is 0 Å². The Morgan fingerprint density at radius 1 is 0.311 bits per heavy atom. The van der Waals surface area contributed by atoms with Crippen LogP contribution in [0.15, 0.2) is 176 Å². The van der Waals surface area contributed by atoms with Crippen molar-refractivity contribution in [3.05, 3.63) is 176 Å². The van der Waals surface area contributed by atoms with E-state index in [0.717, 1.165) is 40.1 Å². The lowest BCUT2D eigenvalue weighted by atomic mass is 9.98. The highest BCUT2D eigenvalue weighted by Crippen LogP contribution is 2.41. The predicted octanol–water partition coefficient (Wildman–Crippen LogP) is 12.2. The summed E-state index contributed by atoms with van der Waals surface area (Å²) >= 11 is 0. The van der Waals surface area contributed by atoms with Gasteiger partial charge in [0.15, 0.2) is 0 Å². The van der Waals surface area contributed by atoms with Crippen LogP contribution in [0.25, 0.3) is 32.3 Å². The van der Waals surface area contributed by atoms with Crippen LogP contribution in [0.2, 0.25) is 0 Å². The smallest absolute Gasteiger partial charge is 0.127 e. The van der Waals surface area contributed by atoms with Crippen LogP contribution < -0.4 is 14.4 Å². The Morgan fingerprint density at radius 3 is 1.27 bits per heavy atom. The van der Waals surface area contributed by atoms with Gasteiger partial charge in [0.05, 0.1) is 5.69 Å². The molecule has 0 atom stereocenters. The van der Waals surface area contributed by atoms with Crippen LogP contribution >= 0.6 is 0 Å². The molecule has 3 heteroatoms. The molecule has 0 heterocycles. The second-order valence-corrected chi connectivity index (χ2v) is 11.1. The Kier molecular flexibility index (Phi) is 6.82. The van der Waals surface area contributed by atoms with Crippen molar-refractivity contribution in [2.24, 2.45) is 0 Å². The molecule has 0 saturated heterocycles. The van der Waals surface area contributed by atoms with Gasteiger partial charge in [-0.3, -0.25) is 0 Å². The zero-order chi connectivity index (χ0) is 30.0. The highest BCUT2D eigenvalue weighted by molar-refractivity contribution is 6.09. The Balaban J connectivity index is 1.24. The Morgan fingerprint density at radius 2 is 0.733 bits per heavy atom. The molecule has 8 aromatic carbocycles. The van der Waals surface area contributed by atoms with E-state index in [1.807, 2.05) is 84.9 Å². The van der Waals surface area contributed by atoms with Gasteiger partial charge in [-0.1, -0.05) is 72.8 Å². The number of nitrogens with zero attached hydrogens (tertiary/aromatic N) is 1. The molecule has 214 valence electrons. The van der Waals surface area contributed by atoms with Crippen molar-refractivity contribution in [2.75, 3.05) is 4.90 Å². The lowest BCUT2D eigenvalue weighted by Gasteiger charge is -2.27. The molecule has 0 spiro atoms. The fourth-order valence-electron chi connectivity index (χ4n) is 5.90. The normalized spacial score (nSPS) is 11.1. The van der Waals surface area contributed by atoms with Gasteiger partial charge >= 0.3 is 0 Å². The van der Waals surface area contributed by atoms with E-state index in [1.165, 1.54) is 32.3 Å². The highest BCUT2D eigenvalue weighted by Gasteiger charge is 2.17. The van der Waals surface area contributed by atoms with Crippen molar-refractivity contribution >= 4 is 49.4 Å². The number of rotatable bonds is 7. The molecule has 0 aliphatic rings. The summed E-state index contributed by atoms with van der Waals surface area (Å²) in [5.41, 5.74) is 3.15. The first-order valence-corrected chi connectivity index (χ1v) is 15.1. The molecule has 0 bridgehead atoms. The minimum absolute atomic E-state index is 0.785. The summed E-state index contributed by atoms with van der Waals surface area (Å²) in [5.74, 6) is 3.19. The van der Waals surface area contributed by atoms with E-state index >= 15 is 0 Å². The van der Waals surface area contributed by atoms with Gasteiger partial charge < -0.3 is 14.4 Å². The van der Waals surface area contributed by atoms with Gasteiger partial charge in [-0.25, -0.2) is 0 Å². The molecule has 8 aromatic rings. The van der Waals surface area contributed by atoms with Crippen molar-refractivity contribution in [1.82, 2.24) is 0 Å². The van der Waals surface area contributed by atoms with Gasteiger partial charge in [0, 0.05) is 16.8 Å². The summed E-state index contributed by atoms with van der Waals surface area (Å²) in [6, 6.07) is 60.5. The first-order valence-electron chi connectivity index (χ1n) is 15.1. The maximum Gasteiger partial charge on any atom is 0.127 e. The molecule has 0 amide bonds. The molecule has 0 saturated carbocycles. The summed E-state index contributed by atoms with van der Waals surface area (Å²) in [6.45, 7) is 0. The molecule has 0 radical (unpaired) electrons. The van der Waals surface area contributed by atoms with Crippen LogP contribution in [-0.4, -0.2) is 0 Å². The van der Waals surface area contributed by atoms with Gasteiger partial charge in [0.25, 0.3) is 0 Å². The number of para-hydroxylation sites is 2. The van der Waals surface area contributed by atoms with Crippen molar-refractivity contribution < 1.29 is 9.47 Å². The third-order valence-corrected chi connectivity index (χ3v) is 8.07. The van der Waals surface area contributed by atoms with E-state index in [9.17, 15) is 0 Å². The van der Waals surface area contributed by atoms with E-state index < -0.39 is 0 Å². The maximum absolute atomic E-state index is 6.12. The molecule has 45 heavy (non-hydrogen) atoms. The Labute approximate surface area is 262 Å². The number of benzene rings is 8. The zero-order valence-corrected chi connectivity index (χ0v) is 24.5. The number of hydrogen-bond acceptors (Lipinski definition) is 3. The zero-order valence-electron chi connectivity index (χ0n) is 24.5. The molecule has 0 fully saturated rings. The second kappa shape index (κ2) is 11.6. The molecule has 0 aliphatic carbocycles. The van der Waals surface area contributed by atoms with Crippen LogP contribution in [-0.2, 0) is 0 Å². The van der Waals surface area contributed by atoms with E-state index in [-0.39, 0.29) is 0 Å². The Hall–Kier alpha value is -6.06. The summed E-state index contributed by atoms with van der Waals surface area (Å²) in [5, 5.41) is 7.30. The van der Waals surface area contributed by atoms with Gasteiger partial charge in [-0.05, 0) is 130 Å². The first-order chi connectivity index (χ1) is 22.3. The fraction of sp³-hybridized carbons (Fsp3) is 0. The summed E-state index contributed by atoms with van der Waals surface area (Å²) < 4.78 is 12.2. The average Bonchev–Trinajstić information content (AvgIpc) is 3.09. The third-order valence-electron chi connectivity index (χ3n) is 8.07. The number of fused-ring (bicyclic) bond motifs is 3. The molecule has 0 aliphatic heterocycles. The first kappa shape index (κ1) is 26.6. The standard InChI is InChI=1S/C42H29NO2/c1-3-13-37(14-4-1)44-39-22-18-35(19-23-39)43(36-20-24-40(25-21-36)45-38-15-5-2-6-16-38)42-17-9-12-32-28-33-26-30-10-7-8-11-31(30)27-34(33)29-41(32)42/h1-29H. The fourth-order valence-corrected chi connectivity index (χ4v) is 5.90. The quantitative estimate of drug-likeness (QED) is 0.175. The van der Waals surface area contributed by atoms with E-state index in [0.29, 0.717) is 0 Å². The molecule has 8 rings (SSSR count). The van der Waals surface area contributed by atoms with Crippen LogP contribution in [0.3, 0.4) is 0 Å². The van der Waals surface area contributed by atoms with E-state index in [4.69, 9.17) is 9.47 Å². The number of ether oxygens (including phenoxy) is 2. The second-order valence-electron chi connectivity index (χ2n) is 11.1. The lowest BCUT2D eigenvalue weighted by Crippen LogP contribution is -2.10. The summed E-state index contributed by atoms with van der Waals surface area (Å²) in [7, 11) is 0. The Bertz CT molecular complexity index is 2160. The average molecular weight is 580 g/mol. The SMILES string of the molecule is c1ccc(Oc2ccc(N(c3ccc(Oc4ccccc4)cc3)c3cccc4cc5cc6ccccc6cc5cc34)cc2)cc1. The minimum Gasteiger partial charge on any atom is -0.457 e. The molecular formula is C42H29NO2. The largest absolute Gasteiger partial charge is 0.457 e. The van der Waals surface area contributed by atoms with Crippen LogP contribution in [0.1, 0.15) is 0 Å². The highest BCUT2D eigenvalue weighted by atomic mass is 16.5. The van der Waals surface area contributed by atoms with Gasteiger partial charge in [0.1, 0.15) is 23.0 Å². The monoisotopic (exact) mass is 579 g/mol.